The average Bonchev–Trinajstić information content (AvgIpc) is 2.41. The summed E-state index contributed by atoms with van der Waals surface area (Å²) in [6.45, 7) is -0.0386. The molecular formula is C14H12F3N3O. The first-order valence-corrected chi connectivity index (χ1v) is 5.99. The molecule has 0 saturated carbocycles. The van der Waals surface area contributed by atoms with Crippen LogP contribution in [0.2, 0.25) is 0 Å². The van der Waals surface area contributed by atoms with E-state index in [4.69, 9.17) is 5.73 Å². The number of halogens is 3. The fraction of sp³-hybridized carbons (Fsp3) is 0.0714. The van der Waals surface area contributed by atoms with Crippen molar-refractivity contribution in [3.8, 4) is 0 Å². The van der Waals surface area contributed by atoms with Crippen LogP contribution in [-0.2, 0) is 6.54 Å². The molecule has 21 heavy (non-hydrogen) atoms. The topological polar surface area (TPSA) is 67.2 Å². The Hall–Kier alpha value is -2.70. The summed E-state index contributed by atoms with van der Waals surface area (Å²) in [6, 6.07) is 7.09. The Labute approximate surface area is 118 Å². The Morgan fingerprint density at radius 1 is 1.00 bits per heavy atom. The lowest BCUT2D eigenvalue weighted by Gasteiger charge is -2.10. The highest BCUT2D eigenvalue weighted by atomic mass is 19.2. The number of carbonyl (C=O) groups excluding carboxylic acids is 1. The van der Waals surface area contributed by atoms with Crippen molar-refractivity contribution >= 4 is 17.4 Å². The zero-order valence-electron chi connectivity index (χ0n) is 10.8. The second-order valence-corrected chi connectivity index (χ2v) is 4.28. The molecule has 0 aliphatic carbocycles. The Kier molecular flexibility index (Phi) is 4.32. The molecule has 0 spiro atoms. The highest BCUT2D eigenvalue weighted by molar-refractivity contribution is 5.88. The molecule has 4 N–H and O–H groups in total. The Balaban J connectivity index is 2.09. The number of nitrogens with two attached hydrogens (primary N) is 1. The highest BCUT2D eigenvalue weighted by Gasteiger charge is 2.09. The monoisotopic (exact) mass is 295 g/mol. The van der Waals surface area contributed by atoms with E-state index in [0.29, 0.717) is 17.4 Å². The molecule has 2 amide bonds. The van der Waals surface area contributed by atoms with Crippen molar-refractivity contribution in [1.29, 1.82) is 0 Å². The van der Waals surface area contributed by atoms with Crippen LogP contribution in [0.1, 0.15) is 5.56 Å². The lowest BCUT2D eigenvalue weighted by atomic mass is 10.2. The standard InChI is InChI=1S/C14H12F3N3O/c15-11-6-13(17)12(16)4-8(11)7-19-9-2-1-3-10(5-9)20-14(18)21/h1-6,19H,7H2,(H3,18,20,21). The van der Waals surface area contributed by atoms with Gasteiger partial charge < -0.3 is 16.4 Å². The molecule has 2 aromatic carbocycles. The van der Waals surface area contributed by atoms with E-state index in [1.165, 1.54) is 0 Å². The van der Waals surface area contributed by atoms with E-state index in [0.717, 1.165) is 6.07 Å². The van der Waals surface area contributed by atoms with Gasteiger partial charge >= 0.3 is 6.03 Å². The number of primary amides is 1. The first kappa shape index (κ1) is 14.7. The molecule has 110 valence electrons. The van der Waals surface area contributed by atoms with E-state index in [1.807, 2.05) is 0 Å². The molecule has 0 bridgehead atoms. The molecule has 0 aliphatic rings. The lowest BCUT2D eigenvalue weighted by Crippen LogP contribution is -2.19. The molecule has 0 unspecified atom stereocenters. The van der Waals surface area contributed by atoms with Crippen LogP contribution in [0.4, 0.5) is 29.3 Å². The van der Waals surface area contributed by atoms with Crippen LogP contribution in [0, 0.1) is 17.5 Å². The molecule has 0 aromatic heterocycles. The van der Waals surface area contributed by atoms with Gasteiger partial charge in [0.2, 0.25) is 0 Å². The van der Waals surface area contributed by atoms with E-state index >= 15 is 0 Å². The molecule has 0 heterocycles. The van der Waals surface area contributed by atoms with Crippen molar-refractivity contribution < 1.29 is 18.0 Å². The summed E-state index contributed by atoms with van der Waals surface area (Å²) >= 11 is 0. The van der Waals surface area contributed by atoms with Crippen LogP contribution < -0.4 is 16.4 Å². The summed E-state index contributed by atoms with van der Waals surface area (Å²) < 4.78 is 39.3. The first-order chi connectivity index (χ1) is 9.95. The van der Waals surface area contributed by atoms with E-state index in [2.05, 4.69) is 10.6 Å². The predicted octanol–water partition coefficient (Wildman–Crippen LogP) is 3.21. The Bertz CT molecular complexity index is 677. The average molecular weight is 295 g/mol. The molecule has 2 rings (SSSR count). The fourth-order valence-electron chi connectivity index (χ4n) is 1.75. The molecule has 2 aromatic rings. The minimum absolute atomic E-state index is 0.0119. The SMILES string of the molecule is NC(=O)Nc1cccc(NCc2cc(F)c(F)cc2F)c1. The minimum atomic E-state index is -1.23. The number of amides is 2. The zero-order valence-corrected chi connectivity index (χ0v) is 10.8. The van der Waals surface area contributed by atoms with Gasteiger partial charge in [-0.05, 0) is 24.3 Å². The predicted molar refractivity (Wildman–Crippen MR) is 73.3 cm³/mol. The van der Waals surface area contributed by atoms with Gasteiger partial charge in [0.05, 0.1) is 0 Å². The highest BCUT2D eigenvalue weighted by Crippen LogP contribution is 2.18. The molecule has 7 heteroatoms. The van der Waals surface area contributed by atoms with Crippen LogP contribution in [0.15, 0.2) is 36.4 Å². The molecule has 0 saturated heterocycles. The van der Waals surface area contributed by atoms with Gasteiger partial charge in [-0.2, -0.15) is 0 Å². The third kappa shape index (κ3) is 3.88. The Morgan fingerprint density at radius 3 is 2.38 bits per heavy atom. The first-order valence-electron chi connectivity index (χ1n) is 5.99. The van der Waals surface area contributed by atoms with Crippen molar-refractivity contribution in [3.05, 3.63) is 59.4 Å². The third-order valence-corrected chi connectivity index (χ3v) is 2.70. The molecule has 4 nitrogen and oxygen atoms in total. The summed E-state index contributed by atoms with van der Waals surface area (Å²) in [7, 11) is 0. The number of rotatable bonds is 4. The number of hydrogen-bond donors (Lipinski definition) is 3. The smallest absolute Gasteiger partial charge is 0.316 e. The van der Waals surface area contributed by atoms with Crippen LogP contribution in [0.5, 0.6) is 0 Å². The van der Waals surface area contributed by atoms with Crippen molar-refractivity contribution in [2.75, 3.05) is 10.6 Å². The van der Waals surface area contributed by atoms with Crippen LogP contribution in [0.25, 0.3) is 0 Å². The number of anilines is 2. The third-order valence-electron chi connectivity index (χ3n) is 2.70. The van der Waals surface area contributed by atoms with E-state index in [-0.39, 0.29) is 12.1 Å². The van der Waals surface area contributed by atoms with E-state index in [9.17, 15) is 18.0 Å². The van der Waals surface area contributed by atoms with Crippen molar-refractivity contribution in [1.82, 2.24) is 0 Å². The summed E-state index contributed by atoms with van der Waals surface area (Å²) in [5.74, 6) is -3.19. The maximum absolute atomic E-state index is 13.5. The van der Waals surface area contributed by atoms with Gasteiger partial charge in [-0.25, -0.2) is 18.0 Å². The summed E-state index contributed by atoms with van der Waals surface area (Å²) in [5.41, 5.74) is 6.00. The van der Waals surface area contributed by atoms with Gasteiger partial charge in [-0.15, -0.1) is 0 Å². The lowest BCUT2D eigenvalue weighted by molar-refractivity contribution is 0.259. The second-order valence-electron chi connectivity index (χ2n) is 4.28. The van der Waals surface area contributed by atoms with E-state index in [1.54, 1.807) is 24.3 Å². The quantitative estimate of drug-likeness (QED) is 0.758. The van der Waals surface area contributed by atoms with Gasteiger partial charge in [0.15, 0.2) is 11.6 Å². The summed E-state index contributed by atoms with van der Waals surface area (Å²) in [6.07, 6.45) is 0. The van der Waals surface area contributed by atoms with Crippen molar-refractivity contribution in [3.63, 3.8) is 0 Å². The number of carbonyl (C=O) groups is 1. The number of urea groups is 1. The summed E-state index contributed by atoms with van der Waals surface area (Å²) in [4.78, 5) is 10.7. The second kappa shape index (κ2) is 6.17. The fourth-order valence-corrected chi connectivity index (χ4v) is 1.75. The van der Waals surface area contributed by atoms with Crippen molar-refractivity contribution in [2.24, 2.45) is 5.73 Å². The minimum Gasteiger partial charge on any atom is -0.381 e. The van der Waals surface area contributed by atoms with Crippen LogP contribution >= 0.6 is 0 Å². The molecular weight excluding hydrogens is 283 g/mol. The molecule has 0 atom stereocenters. The van der Waals surface area contributed by atoms with Gasteiger partial charge in [-0.3, -0.25) is 0 Å². The molecule has 0 aliphatic heterocycles. The van der Waals surface area contributed by atoms with Crippen molar-refractivity contribution in [2.45, 2.75) is 6.54 Å². The molecule has 0 fully saturated rings. The van der Waals surface area contributed by atoms with Gasteiger partial charge in [0.1, 0.15) is 5.82 Å². The number of benzene rings is 2. The maximum Gasteiger partial charge on any atom is 0.316 e. The number of hydrogen-bond acceptors (Lipinski definition) is 2. The normalized spacial score (nSPS) is 10.2. The van der Waals surface area contributed by atoms with Crippen LogP contribution in [-0.4, -0.2) is 6.03 Å². The maximum atomic E-state index is 13.5. The Morgan fingerprint density at radius 2 is 1.67 bits per heavy atom. The number of nitrogens with one attached hydrogen (secondary N) is 2. The summed E-state index contributed by atoms with van der Waals surface area (Å²) in [5, 5.41) is 5.23. The van der Waals surface area contributed by atoms with Gasteiger partial charge in [0, 0.05) is 29.5 Å². The zero-order chi connectivity index (χ0) is 15.4. The molecule has 0 radical (unpaired) electrons. The van der Waals surface area contributed by atoms with Crippen LogP contribution in [0.3, 0.4) is 0 Å². The van der Waals surface area contributed by atoms with E-state index < -0.39 is 23.5 Å². The largest absolute Gasteiger partial charge is 0.381 e. The van der Waals surface area contributed by atoms with Gasteiger partial charge in [-0.1, -0.05) is 6.07 Å². The van der Waals surface area contributed by atoms with Gasteiger partial charge in [0.25, 0.3) is 0 Å².